The van der Waals surface area contributed by atoms with Crippen molar-refractivity contribution < 1.29 is 13.8 Å². The van der Waals surface area contributed by atoms with Gasteiger partial charge in [0.25, 0.3) is 5.91 Å². The summed E-state index contributed by atoms with van der Waals surface area (Å²) in [6.07, 6.45) is 0. The molecule has 0 atom stereocenters. The van der Waals surface area contributed by atoms with Gasteiger partial charge in [0.05, 0.1) is 11.4 Å². The molecule has 3 heterocycles. The number of hydrogen-bond acceptors (Lipinski definition) is 7. The third kappa shape index (κ3) is 3.51. The normalized spacial score (nSPS) is 10.8. The molecule has 0 unspecified atom stereocenters. The number of amides is 1. The summed E-state index contributed by atoms with van der Waals surface area (Å²) in [5, 5.41) is 12.9. The Morgan fingerprint density at radius 1 is 1.15 bits per heavy atom. The molecule has 0 bridgehead atoms. The maximum Gasteiger partial charge on any atom is 0.273 e. The van der Waals surface area contributed by atoms with Crippen molar-refractivity contribution in [2.75, 3.05) is 0 Å². The first-order valence-electron chi connectivity index (χ1n) is 7.56. The third-order valence-electron chi connectivity index (χ3n) is 3.48. The molecule has 130 valence electrons. The van der Waals surface area contributed by atoms with Crippen LogP contribution in [0.5, 0.6) is 0 Å². The van der Waals surface area contributed by atoms with Crippen molar-refractivity contribution in [1.29, 1.82) is 0 Å². The number of aromatic nitrogens is 3. The molecule has 1 aromatic carbocycles. The van der Waals surface area contributed by atoms with Gasteiger partial charge in [0.1, 0.15) is 0 Å². The standard InChI is InChI=1S/C17H11ClN4O3S/c18-11-5-3-10(4-6-11)13-8-12(21-24-13)17(23)19-9-15-20-16(22-25-15)14-2-1-7-26-14/h1-8H,9H2,(H,19,23). The Hall–Kier alpha value is -2.97. The van der Waals surface area contributed by atoms with Gasteiger partial charge >= 0.3 is 0 Å². The van der Waals surface area contributed by atoms with Crippen LogP contribution < -0.4 is 5.32 Å². The van der Waals surface area contributed by atoms with Gasteiger partial charge in [-0.2, -0.15) is 4.98 Å². The van der Waals surface area contributed by atoms with Crippen molar-refractivity contribution in [2.24, 2.45) is 0 Å². The summed E-state index contributed by atoms with van der Waals surface area (Å²) >= 11 is 7.37. The largest absolute Gasteiger partial charge is 0.355 e. The highest BCUT2D eigenvalue weighted by Crippen LogP contribution is 2.23. The molecule has 0 saturated heterocycles. The molecular weight excluding hydrogens is 376 g/mol. The zero-order chi connectivity index (χ0) is 17.9. The van der Waals surface area contributed by atoms with Crippen LogP contribution in [0.1, 0.15) is 16.4 Å². The predicted octanol–water partition coefficient (Wildman–Crippen LogP) is 4.04. The predicted molar refractivity (Wildman–Crippen MR) is 95.7 cm³/mol. The van der Waals surface area contributed by atoms with Crippen LogP contribution in [0.4, 0.5) is 0 Å². The lowest BCUT2D eigenvalue weighted by Gasteiger charge is -1.97. The Morgan fingerprint density at radius 3 is 2.77 bits per heavy atom. The fraction of sp³-hybridized carbons (Fsp3) is 0.0588. The van der Waals surface area contributed by atoms with E-state index in [1.807, 2.05) is 17.5 Å². The van der Waals surface area contributed by atoms with Crippen LogP contribution in [-0.4, -0.2) is 21.2 Å². The fourth-order valence-electron chi connectivity index (χ4n) is 2.21. The molecule has 1 amide bonds. The lowest BCUT2D eigenvalue weighted by Crippen LogP contribution is -2.23. The van der Waals surface area contributed by atoms with Crippen molar-refractivity contribution >= 4 is 28.8 Å². The molecular formula is C17H11ClN4O3S. The van der Waals surface area contributed by atoms with Crippen LogP contribution in [0.15, 0.2) is 56.9 Å². The highest BCUT2D eigenvalue weighted by atomic mass is 35.5. The number of benzene rings is 1. The molecule has 0 radical (unpaired) electrons. The van der Waals surface area contributed by atoms with E-state index in [1.165, 1.54) is 11.3 Å². The van der Waals surface area contributed by atoms with E-state index in [9.17, 15) is 4.79 Å². The third-order valence-corrected chi connectivity index (χ3v) is 4.60. The summed E-state index contributed by atoms with van der Waals surface area (Å²) in [7, 11) is 0. The Morgan fingerprint density at radius 2 is 2.00 bits per heavy atom. The van der Waals surface area contributed by atoms with E-state index < -0.39 is 5.91 Å². The number of carbonyl (C=O) groups excluding carboxylic acids is 1. The van der Waals surface area contributed by atoms with E-state index in [0.717, 1.165) is 10.4 Å². The number of hydrogen-bond donors (Lipinski definition) is 1. The summed E-state index contributed by atoms with van der Waals surface area (Å²) in [5.74, 6) is 0.883. The van der Waals surface area contributed by atoms with E-state index in [-0.39, 0.29) is 12.2 Å². The Kier molecular flexibility index (Phi) is 4.51. The molecule has 3 aromatic heterocycles. The number of carbonyl (C=O) groups is 1. The van der Waals surface area contributed by atoms with Crippen molar-refractivity contribution in [3.05, 3.63) is 64.5 Å². The maximum absolute atomic E-state index is 12.2. The molecule has 4 aromatic rings. The second-order valence-corrected chi connectivity index (χ2v) is 6.64. The van der Waals surface area contributed by atoms with Crippen LogP contribution in [0.25, 0.3) is 22.0 Å². The van der Waals surface area contributed by atoms with E-state index in [0.29, 0.717) is 22.5 Å². The smallest absolute Gasteiger partial charge is 0.273 e. The molecule has 0 aliphatic rings. The average molecular weight is 387 g/mol. The Labute approximate surface area is 156 Å². The van der Waals surface area contributed by atoms with Crippen LogP contribution in [0.2, 0.25) is 5.02 Å². The van der Waals surface area contributed by atoms with Gasteiger partial charge in [-0.05, 0) is 35.7 Å². The number of nitrogens with one attached hydrogen (secondary N) is 1. The highest BCUT2D eigenvalue weighted by Gasteiger charge is 2.15. The van der Waals surface area contributed by atoms with Gasteiger partial charge in [0, 0.05) is 16.7 Å². The lowest BCUT2D eigenvalue weighted by atomic mass is 10.1. The number of rotatable bonds is 5. The van der Waals surface area contributed by atoms with E-state index >= 15 is 0 Å². The highest BCUT2D eigenvalue weighted by molar-refractivity contribution is 7.13. The molecule has 26 heavy (non-hydrogen) atoms. The van der Waals surface area contributed by atoms with Crippen molar-refractivity contribution in [3.63, 3.8) is 0 Å². The monoisotopic (exact) mass is 386 g/mol. The molecule has 4 rings (SSSR count). The summed E-state index contributed by atoms with van der Waals surface area (Å²) in [4.78, 5) is 17.3. The Bertz CT molecular complexity index is 1020. The van der Waals surface area contributed by atoms with Crippen molar-refractivity contribution in [1.82, 2.24) is 20.6 Å². The zero-order valence-electron chi connectivity index (χ0n) is 13.2. The minimum absolute atomic E-state index is 0.0976. The second kappa shape index (κ2) is 7.11. The number of halogens is 1. The van der Waals surface area contributed by atoms with Crippen molar-refractivity contribution in [2.45, 2.75) is 6.54 Å². The molecule has 1 N–H and O–H groups in total. The molecule has 0 saturated carbocycles. The SMILES string of the molecule is O=C(NCc1nc(-c2cccs2)no1)c1cc(-c2ccc(Cl)cc2)on1. The number of nitrogens with zero attached hydrogens (tertiary/aromatic N) is 3. The molecule has 7 nitrogen and oxygen atoms in total. The molecule has 0 aliphatic heterocycles. The van der Waals surface area contributed by atoms with Crippen LogP contribution in [0, 0.1) is 0 Å². The minimum atomic E-state index is -0.398. The van der Waals surface area contributed by atoms with E-state index in [2.05, 4.69) is 20.6 Å². The first-order chi connectivity index (χ1) is 12.7. The zero-order valence-corrected chi connectivity index (χ0v) is 14.8. The van der Waals surface area contributed by atoms with E-state index in [1.54, 1.807) is 30.3 Å². The lowest BCUT2D eigenvalue weighted by molar-refractivity contribution is 0.0937. The van der Waals surface area contributed by atoms with Gasteiger partial charge in [-0.1, -0.05) is 28.0 Å². The first kappa shape index (κ1) is 16.5. The van der Waals surface area contributed by atoms with Gasteiger partial charge in [0.2, 0.25) is 11.7 Å². The van der Waals surface area contributed by atoms with Gasteiger partial charge in [-0.15, -0.1) is 11.3 Å². The molecule has 0 aliphatic carbocycles. The van der Waals surface area contributed by atoms with Crippen LogP contribution in [0.3, 0.4) is 0 Å². The topological polar surface area (TPSA) is 94.1 Å². The fourth-order valence-corrected chi connectivity index (χ4v) is 2.99. The quantitative estimate of drug-likeness (QED) is 0.556. The maximum atomic E-state index is 12.2. The summed E-state index contributed by atoms with van der Waals surface area (Å²) in [6.45, 7) is 0.0976. The molecule has 0 fully saturated rings. The molecule has 9 heteroatoms. The van der Waals surface area contributed by atoms with Gasteiger partial charge < -0.3 is 14.4 Å². The minimum Gasteiger partial charge on any atom is -0.355 e. The van der Waals surface area contributed by atoms with Crippen molar-refractivity contribution in [3.8, 4) is 22.0 Å². The summed E-state index contributed by atoms with van der Waals surface area (Å²) in [6, 6.07) is 12.4. The summed E-state index contributed by atoms with van der Waals surface area (Å²) in [5.41, 5.74) is 0.936. The van der Waals surface area contributed by atoms with Crippen LogP contribution >= 0.6 is 22.9 Å². The average Bonchev–Trinajstić information content (AvgIpc) is 3.41. The molecule has 0 spiro atoms. The summed E-state index contributed by atoms with van der Waals surface area (Å²) < 4.78 is 10.3. The van der Waals surface area contributed by atoms with Crippen LogP contribution in [-0.2, 0) is 6.54 Å². The Balaban J connectivity index is 1.40. The number of thiophene rings is 1. The van der Waals surface area contributed by atoms with Gasteiger partial charge in [0.15, 0.2) is 11.5 Å². The van der Waals surface area contributed by atoms with Gasteiger partial charge in [-0.25, -0.2) is 0 Å². The second-order valence-electron chi connectivity index (χ2n) is 5.25. The first-order valence-corrected chi connectivity index (χ1v) is 8.82. The van der Waals surface area contributed by atoms with E-state index in [4.69, 9.17) is 20.6 Å². The van der Waals surface area contributed by atoms with Gasteiger partial charge in [-0.3, -0.25) is 4.79 Å².